The van der Waals surface area contributed by atoms with E-state index in [1.54, 1.807) is 4.52 Å². The van der Waals surface area contributed by atoms with E-state index in [9.17, 15) is 13.2 Å². The molecule has 0 amide bonds. The average molecular weight is 413 g/mol. The van der Waals surface area contributed by atoms with Crippen molar-refractivity contribution in [3.63, 3.8) is 0 Å². The minimum atomic E-state index is -4.73. The normalized spacial score (nSPS) is 11.6. The standard InChI is InChI=1S/C21H18F3N5O/c1-3-17-13(2)25-20-27-18(14-7-5-4-6-8-14)28-29(20)19(17)26-15-9-11-16(12-10-15)30-21(22,23)24/h4-12,26H,3H2,1-2H3. The van der Waals surface area contributed by atoms with E-state index in [1.165, 1.54) is 24.3 Å². The third-order valence-electron chi connectivity index (χ3n) is 4.53. The highest BCUT2D eigenvalue weighted by Gasteiger charge is 2.31. The number of aryl methyl sites for hydroxylation is 1. The second-order valence-electron chi connectivity index (χ2n) is 6.59. The molecule has 0 aliphatic rings. The molecule has 0 aliphatic carbocycles. The van der Waals surface area contributed by atoms with Crippen molar-refractivity contribution in [2.24, 2.45) is 0 Å². The van der Waals surface area contributed by atoms with E-state index in [-0.39, 0.29) is 5.75 Å². The first-order chi connectivity index (χ1) is 14.3. The van der Waals surface area contributed by atoms with Gasteiger partial charge in [0.25, 0.3) is 5.78 Å². The molecule has 0 aliphatic heterocycles. The van der Waals surface area contributed by atoms with E-state index >= 15 is 0 Å². The summed E-state index contributed by atoms with van der Waals surface area (Å²) in [4.78, 5) is 9.09. The summed E-state index contributed by atoms with van der Waals surface area (Å²) in [6.45, 7) is 3.89. The summed E-state index contributed by atoms with van der Waals surface area (Å²) in [5, 5.41) is 7.85. The molecular weight excluding hydrogens is 395 g/mol. The maximum absolute atomic E-state index is 12.4. The molecule has 0 radical (unpaired) electrons. The minimum absolute atomic E-state index is 0.285. The van der Waals surface area contributed by atoms with Crippen LogP contribution in [0.25, 0.3) is 17.2 Å². The number of ether oxygens (including phenoxy) is 1. The fourth-order valence-corrected chi connectivity index (χ4v) is 3.18. The quantitative estimate of drug-likeness (QED) is 0.481. The Bertz CT molecular complexity index is 1170. The molecule has 2 aromatic carbocycles. The topological polar surface area (TPSA) is 64.3 Å². The molecule has 2 aromatic heterocycles. The Morgan fingerprint density at radius 3 is 2.33 bits per heavy atom. The molecule has 2 heterocycles. The van der Waals surface area contributed by atoms with Gasteiger partial charge in [-0.15, -0.1) is 18.3 Å². The third-order valence-corrected chi connectivity index (χ3v) is 4.53. The number of hydrogen-bond donors (Lipinski definition) is 1. The molecule has 0 saturated carbocycles. The first-order valence-corrected chi connectivity index (χ1v) is 9.28. The van der Waals surface area contributed by atoms with Crippen molar-refractivity contribution in [3.05, 3.63) is 65.9 Å². The molecule has 4 aromatic rings. The molecule has 4 rings (SSSR count). The number of alkyl halides is 3. The Hall–Kier alpha value is -3.62. The summed E-state index contributed by atoms with van der Waals surface area (Å²) >= 11 is 0. The number of aromatic nitrogens is 4. The number of hydrogen-bond acceptors (Lipinski definition) is 5. The molecule has 9 heteroatoms. The molecule has 154 valence electrons. The van der Waals surface area contributed by atoms with Crippen molar-refractivity contribution in [1.29, 1.82) is 0 Å². The lowest BCUT2D eigenvalue weighted by Crippen LogP contribution is -2.17. The lowest BCUT2D eigenvalue weighted by atomic mass is 10.1. The van der Waals surface area contributed by atoms with Crippen LogP contribution >= 0.6 is 0 Å². The van der Waals surface area contributed by atoms with Gasteiger partial charge < -0.3 is 10.1 Å². The predicted molar refractivity (Wildman–Crippen MR) is 107 cm³/mol. The Balaban J connectivity index is 1.74. The summed E-state index contributed by atoms with van der Waals surface area (Å²) in [5.74, 6) is 1.35. The van der Waals surface area contributed by atoms with Gasteiger partial charge in [-0.25, -0.2) is 4.98 Å². The summed E-state index contributed by atoms with van der Waals surface area (Å²) in [6, 6.07) is 15.1. The summed E-state index contributed by atoms with van der Waals surface area (Å²) in [6.07, 6.45) is -4.04. The Morgan fingerprint density at radius 2 is 1.70 bits per heavy atom. The SMILES string of the molecule is CCc1c(C)nc2nc(-c3ccccc3)nn2c1Nc1ccc(OC(F)(F)F)cc1. The number of fused-ring (bicyclic) bond motifs is 1. The van der Waals surface area contributed by atoms with Crippen LogP contribution in [-0.4, -0.2) is 25.9 Å². The van der Waals surface area contributed by atoms with Crippen molar-refractivity contribution >= 4 is 17.3 Å². The highest BCUT2D eigenvalue weighted by atomic mass is 19.4. The Kier molecular flexibility index (Phi) is 5.03. The lowest BCUT2D eigenvalue weighted by Gasteiger charge is -2.15. The molecule has 0 unspecified atom stereocenters. The van der Waals surface area contributed by atoms with Gasteiger partial charge >= 0.3 is 6.36 Å². The number of benzene rings is 2. The molecular formula is C21H18F3N5O. The molecule has 1 N–H and O–H groups in total. The predicted octanol–water partition coefficient (Wildman–Crippen LogP) is 5.30. The van der Waals surface area contributed by atoms with Gasteiger partial charge in [0, 0.05) is 22.5 Å². The van der Waals surface area contributed by atoms with Gasteiger partial charge in [-0.05, 0) is 37.6 Å². The van der Waals surface area contributed by atoms with Crippen LogP contribution in [0, 0.1) is 6.92 Å². The molecule has 30 heavy (non-hydrogen) atoms. The van der Waals surface area contributed by atoms with Gasteiger partial charge in [0.1, 0.15) is 11.6 Å². The van der Waals surface area contributed by atoms with E-state index < -0.39 is 6.36 Å². The highest BCUT2D eigenvalue weighted by Crippen LogP contribution is 2.28. The number of rotatable bonds is 5. The van der Waals surface area contributed by atoms with Crippen LogP contribution in [0.5, 0.6) is 5.75 Å². The van der Waals surface area contributed by atoms with Crippen LogP contribution < -0.4 is 10.1 Å². The van der Waals surface area contributed by atoms with Crippen LogP contribution in [0.3, 0.4) is 0 Å². The zero-order valence-corrected chi connectivity index (χ0v) is 16.2. The van der Waals surface area contributed by atoms with Gasteiger partial charge in [0.15, 0.2) is 5.82 Å². The van der Waals surface area contributed by atoms with Gasteiger partial charge in [0.05, 0.1) is 0 Å². The molecule has 0 spiro atoms. The van der Waals surface area contributed by atoms with Crippen molar-refractivity contribution in [2.75, 3.05) is 5.32 Å². The smallest absolute Gasteiger partial charge is 0.406 e. The zero-order chi connectivity index (χ0) is 21.3. The van der Waals surface area contributed by atoms with Crippen LogP contribution in [0.15, 0.2) is 54.6 Å². The first kappa shape index (κ1) is 19.7. The lowest BCUT2D eigenvalue weighted by molar-refractivity contribution is -0.274. The van der Waals surface area contributed by atoms with Crippen molar-refractivity contribution < 1.29 is 17.9 Å². The maximum atomic E-state index is 12.4. The third kappa shape index (κ3) is 4.05. The van der Waals surface area contributed by atoms with Gasteiger partial charge in [-0.1, -0.05) is 37.3 Å². The second-order valence-corrected chi connectivity index (χ2v) is 6.59. The molecule has 0 bridgehead atoms. The second kappa shape index (κ2) is 7.66. The maximum Gasteiger partial charge on any atom is 0.573 e. The Morgan fingerprint density at radius 1 is 1.00 bits per heavy atom. The van der Waals surface area contributed by atoms with Crippen LogP contribution in [-0.2, 0) is 6.42 Å². The summed E-state index contributed by atoms with van der Waals surface area (Å²) in [5.41, 5.74) is 3.18. The van der Waals surface area contributed by atoms with E-state index in [0.29, 0.717) is 29.5 Å². The number of nitrogens with one attached hydrogen (secondary N) is 1. The van der Waals surface area contributed by atoms with Crippen LogP contribution in [0.1, 0.15) is 18.2 Å². The van der Waals surface area contributed by atoms with Crippen molar-refractivity contribution in [3.8, 4) is 17.1 Å². The number of nitrogens with zero attached hydrogens (tertiary/aromatic N) is 4. The van der Waals surface area contributed by atoms with E-state index in [4.69, 9.17) is 0 Å². The molecule has 0 saturated heterocycles. The van der Waals surface area contributed by atoms with Crippen LogP contribution in [0.2, 0.25) is 0 Å². The largest absolute Gasteiger partial charge is 0.573 e. The van der Waals surface area contributed by atoms with Crippen molar-refractivity contribution in [2.45, 2.75) is 26.6 Å². The van der Waals surface area contributed by atoms with E-state index in [2.05, 4.69) is 25.1 Å². The van der Waals surface area contributed by atoms with Gasteiger partial charge in [-0.3, -0.25) is 0 Å². The first-order valence-electron chi connectivity index (χ1n) is 9.28. The van der Waals surface area contributed by atoms with Crippen LogP contribution in [0.4, 0.5) is 24.7 Å². The summed E-state index contributed by atoms with van der Waals surface area (Å²) in [7, 11) is 0. The van der Waals surface area contributed by atoms with E-state index in [0.717, 1.165) is 16.8 Å². The minimum Gasteiger partial charge on any atom is -0.406 e. The average Bonchev–Trinajstić information content (AvgIpc) is 3.13. The number of halogens is 3. The summed E-state index contributed by atoms with van der Waals surface area (Å²) < 4.78 is 42.7. The van der Waals surface area contributed by atoms with E-state index in [1.807, 2.05) is 44.2 Å². The highest BCUT2D eigenvalue weighted by molar-refractivity contribution is 5.65. The molecule has 0 atom stereocenters. The molecule has 0 fully saturated rings. The Labute approximate surface area is 170 Å². The van der Waals surface area contributed by atoms with Crippen molar-refractivity contribution in [1.82, 2.24) is 19.6 Å². The fourth-order valence-electron chi connectivity index (χ4n) is 3.18. The van der Waals surface area contributed by atoms with Gasteiger partial charge in [-0.2, -0.15) is 9.50 Å². The fraction of sp³-hybridized carbons (Fsp3) is 0.190. The zero-order valence-electron chi connectivity index (χ0n) is 16.2. The monoisotopic (exact) mass is 413 g/mol. The van der Waals surface area contributed by atoms with Gasteiger partial charge in [0.2, 0.25) is 0 Å². The molecule has 6 nitrogen and oxygen atoms in total. The number of anilines is 2.